The molecule has 0 saturated carbocycles. The van der Waals surface area contributed by atoms with Gasteiger partial charge in [0.2, 0.25) is 0 Å². The van der Waals surface area contributed by atoms with Crippen LogP contribution in [0.2, 0.25) is 0 Å². The van der Waals surface area contributed by atoms with Gasteiger partial charge in [-0.2, -0.15) is 0 Å². The van der Waals surface area contributed by atoms with Gasteiger partial charge in [0, 0.05) is 17.2 Å². The van der Waals surface area contributed by atoms with Crippen molar-refractivity contribution in [1.29, 1.82) is 0 Å². The molecule has 0 radical (unpaired) electrons. The standard InChI is InChI=1S/C22H22N2O.2ClH/c1-3-8-17(9-4-1)21-14-20(25-16-19-12-7-13-23-19)15-24-22(21)18-10-5-2-6-11-18;;/h1-6,8-11,14-15,19,23H,7,12-13,16H2;2*1H/t19-;;/m1../s1. The molecule has 2 aromatic carbocycles. The Morgan fingerprint density at radius 3 is 2.22 bits per heavy atom. The van der Waals surface area contributed by atoms with E-state index >= 15 is 0 Å². The Morgan fingerprint density at radius 1 is 0.926 bits per heavy atom. The van der Waals surface area contributed by atoms with E-state index in [-0.39, 0.29) is 24.8 Å². The third-order valence-corrected chi connectivity index (χ3v) is 4.61. The smallest absolute Gasteiger partial charge is 0.138 e. The average molecular weight is 403 g/mol. The Labute approximate surface area is 173 Å². The van der Waals surface area contributed by atoms with Crippen LogP contribution in [0.25, 0.3) is 22.4 Å². The van der Waals surface area contributed by atoms with E-state index in [0.717, 1.165) is 34.7 Å². The highest BCUT2D eigenvalue weighted by molar-refractivity contribution is 5.85. The lowest BCUT2D eigenvalue weighted by Crippen LogP contribution is -2.28. The first-order chi connectivity index (χ1) is 12.4. The van der Waals surface area contributed by atoms with Crippen molar-refractivity contribution >= 4 is 24.8 Å². The van der Waals surface area contributed by atoms with Crippen molar-refractivity contribution in [3.63, 3.8) is 0 Å². The fourth-order valence-corrected chi connectivity index (χ4v) is 3.28. The highest BCUT2D eigenvalue weighted by atomic mass is 35.5. The molecule has 1 aliphatic rings. The van der Waals surface area contributed by atoms with Gasteiger partial charge in [-0.3, -0.25) is 4.98 Å². The van der Waals surface area contributed by atoms with Gasteiger partial charge >= 0.3 is 0 Å². The number of aromatic nitrogens is 1. The molecule has 1 aliphatic heterocycles. The van der Waals surface area contributed by atoms with Crippen molar-refractivity contribution in [2.75, 3.05) is 13.2 Å². The molecule has 4 rings (SSSR count). The van der Waals surface area contributed by atoms with Gasteiger partial charge in [0.1, 0.15) is 12.4 Å². The van der Waals surface area contributed by atoms with E-state index in [4.69, 9.17) is 9.72 Å². The molecule has 3 nitrogen and oxygen atoms in total. The normalized spacial score (nSPS) is 15.5. The molecular weight excluding hydrogens is 379 g/mol. The van der Waals surface area contributed by atoms with Gasteiger partial charge in [-0.15, -0.1) is 24.8 Å². The van der Waals surface area contributed by atoms with E-state index in [1.165, 1.54) is 12.8 Å². The highest BCUT2D eigenvalue weighted by Crippen LogP contribution is 2.33. The molecule has 1 aromatic heterocycles. The van der Waals surface area contributed by atoms with Crippen LogP contribution < -0.4 is 10.1 Å². The lowest BCUT2D eigenvalue weighted by Gasteiger charge is -2.15. The summed E-state index contributed by atoms with van der Waals surface area (Å²) >= 11 is 0. The summed E-state index contributed by atoms with van der Waals surface area (Å²) in [4.78, 5) is 4.73. The fourth-order valence-electron chi connectivity index (χ4n) is 3.28. The van der Waals surface area contributed by atoms with Crippen LogP contribution in [-0.4, -0.2) is 24.2 Å². The number of hydrogen-bond donors (Lipinski definition) is 1. The van der Waals surface area contributed by atoms with Crippen LogP contribution >= 0.6 is 24.8 Å². The first kappa shape index (κ1) is 21.2. The van der Waals surface area contributed by atoms with Crippen molar-refractivity contribution in [3.8, 4) is 28.1 Å². The summed E-state index contributed by atoms with van der Waals surface area (Å²) in [6, 6.07) is 23.2. The number of ether oxygens (including phenoxy) is 1. The minimum atomic E-state index is 0. The molecule has 27 heavy (non-hydrogen) atoms. The molecule has 0 spiro atoms. The van der Waals surface area contributed by atoms with Gasteiger partial charge in [0.25, 0.3) is 0 Å². The predicted molar refractivity (Wildman–Crippen MR) is 116 cm³/mol. The zero-order chi connectivity index (χ0) is 16.9. The van der Waals surface area contributed by atoms with Gasteiger partial charge < -0.3 is 10.1 Å². The molecule has 1 fully saturated rings. The molecule has 0 amide bonds. The third kappa shape index (κ3) is 5.23. The van der Waals surface area contributed by atoms with E-state index < -0.39 is 0 Å². The second-order valence-electron chi connectivity index (χ2n) is 6.40. The molecule has 0 bridgehead atoms. The predicted octanol–water partition coefficient (Wildman–Crippen LogP) is 5.39. The summed E-state index contributed by atoms with van der Waals surface area (Å²) < 4.78 is 6.02. The quantitative estimate of drug-likeness (QED) is 0.620. The largest absolute Gasteiger partial charge is 0.490 e. The number of pyridine rings is 1. The Kier molecular flexibility index (Phi) is 8.11. The van der Waals surface area contributed by atoms with Gasteiger partial charge in [-0.25, -0.2) is 0 Å². The van der Waals surface area contributed by atoms with Crippen LogP contribution in [-0.2, 0) is 0 Å². The van der Waals surface area contributed by atoms with Gasteiger partial charge in [-0.05, 0) is 31.0 Å². The highest BCUT2D eigenvalue weighted by Gasteiger charge is 2.15. The van der Waals surface area contributed by atoms with Crippen LogP contribution in [0.1, 0.15) is 12.8 Å². The molecule has 1 saturated heterocycles. The number of rotatable bonds is 5. The molecule has 2 heterocycles. The number of benzene rings is 2. The maximum absolute atomic E-state index is 6.02. The van der Waals surface area contributed by atoms with Crippen LogP contribution in [0, 0.1) is 0 Å². The van der Waals surface area contributed by atoms with Gasteiger partial charge in [0.15, 0.2) is 0 Å². The molecule has 1 atom stereocenters. The van der Waals surface area contributed by atoms with E-state index in [0.29, 0.717) is 12.6 Å². The van der Waals surface area contributed by atoms with Crippen LogP contribution in [0.5, 0.6) is 5.75 Å². The average Bonchev–Trinajstić information content (AvgIpc) is 3.21. The number of halogens is 2. The monoisotopic (exact) mass is 402 g/mol. The molecule has 142 valence electrons. The number of hydrogen-bond acceptors (Lipinski definition) is 3. The van der Waals surface area contributed by atoms with E-state index in [1.54, 1.807) is 0 Å². The fraction of sp³-hybridized carbons (Fsp3) is 0.227. The summed E-state index contributed by atoms with van der Waals surface area (Å²) in [5, 5.41) is 3.46. The summed E-state index contributed by atoms with van der Waals surface area (Å²) in [5.74, 6) is 0.826. The molecule has 0 unspecified atom stereocenters. The van der Waals surface area contributed by atoms with Gasteiger partial charge in [0.05, 0.1) is 11.9 Å². The van der Waals surface area contributed by atoms with Crippen LogP contribution in [0.3, 0.4) is 0 Å². The molecular formula is C22H24Cl2N2O. The summed E-state index contributed by atoms with van der Waals surface area (Å²) in [5.41, 5.74) is 4.35. The lowest BCUT2D eigenvalue weighted by atomic mass is 9.99. The van der Waals surface area contributed by atoms with Crippen molar-refractivity contribution < 1.29 is 4.74 Å². The van der Waals surface area contributed by atoms with Crippen LogP contribution in [0.4, 0.5) is 0 Å². The van der Waals surface area contributed by atoms with E-state index in [2.05, 4.69) is 47.8 Å². The topological polar surface area (TPSA) is 34.1 Å². The van der Waals surface area contributed by atoms with Crippen molar-refractivity contribution in [1.82, 2.24) is 10.3 Å². The molecule has 3 aromatic rings. The van der Waals surface area contributed by atoms with E-state index in [9.17, 15) is 0 Å². The number of nitrogens with one attached hydrogen (secondary N) is 1. The second kappa shape index (κ2) is 10.3. The van der Waals surface area contributed by atoms with Crippen molar-refractivity contribution in [3.05, 3.63) is 72.9 Å². The van der Waals surface area contributed by atoms with Gasteiger partial charge in [-0.1, -0.05) is 60.7 Å². The Morgan fingerprint density at radius 2 is 1.59 bits per heavy atom. The molecule has 0 aliphatic carbocycles. The summed E-state index contributed by atoms with van der Waals surface area (Å²) in [6.07, 6.45) is 4.25. The SMILES string of the molecule is Cl.Cl.c1ccc(-c2cc(OC[C@H]3CCCN3)cnc2-c2ccccc2)cc1. The first-order valence-corrected chi connectivity index (χ1v) is 8.87. The van der Waals surface area contributed by atoms with E-state index in [1.807, 2.05) is 30.5 Å². The van der Waals surface area contributed by atoms with Crippen molar-refractivity contribution in [2.24, 2.45) is 0 Å². The number of nitrogens with zero attached hydrogens (tertiary/aromatic N) is 1. The van der Waals surface area contributed by atoms with Crippen LogP contribution in [0.15, 0.2) is 72.9 Å². The molecule has 5 heteroatoms. The minimum Gasteiger partial charge on any atom is -0.490 e. The minimum absolute atomic E-state index is 0. The summed E-state index contributed by atoms with van der Waals surface area (Å²) in [7, 11) is 0. The first-order valence-electron chi connectivity index (χ1n) is 8.87. The maximum atomic E-state index is 6.02. The Hall–Kier alpha value is -2.07. The second-order valence-corrected chi connectivity index (χ2v) is 6.40. The molecule has 1 N–H and O–H groups in total. The third-order valence-electron chi connectivity index (χ3n) is 4.61. The zero-order valence-corrected chi connectivity index (χ0v) is 16.6. The zero-order valence-electron chi connectivity index (χ0n) is 15.0. The Bertz CT molecular complexity index is 822. The Balaban J connectivity index is 0.00000131. The van der Waals surface area contributed by atoms with Crippen molar-refractivity contribution in [2.45, 2.75) is 18.9 Å². The lowest BCUT2D eigenvalue weighted by molar-refractivity contribution is 0.276. The summed E-state index contributed by atoms with van der Waals surface area (Å²) in [6.45, 7) is 1.79. The maximum Gasteiger partial charge on any atom is 0.138 e.